The van der Waals surface area contributed by atoms with Crippen molar-refractivity contribution in [3.05, 3.63) is 146 Å². The highest BCUT2D eigenvalue weighted by molar-refractivity contribution is 6.13. The van der Waals surface area contributed by atoms with Crippen LogP contribution in [0.3, 0.4) is 0 Å². The van der Waals surface area contributed by atoms with Crippen LogP contribution >= 0.6 is 0 Å². The Balaban J connectivity index is 1.25. The second kappa shape index (κ2) is 8.88. The van der Waals surface area contributed by atoms with Crippen LogP contribution in [0.5, 0.6) is 0 Å². The Morgan fingerprint density at radius 2 is 0.976 bits per heavy atom. The monoisotopic (exact) mass is 536 g/mol. The van der Waals surface area contributed by atoms with E-state index in [-0.39, 0.29) is 0 Å². The van der Waals surface area contributed by atoms with E-state index in [1.165, 1.54) is 43.7 Å². The zero-order chi connectivity index (χ0) is 27.6. The summed E-state index contributed by atoms with van der Waals surface area (Å²) in [5, 5.41) is 15.4. The molecule has 0 bridgehead atoms. The molecule has 4 heteroatoms. The Kier molecular flexibility index (Phi) is 4.87. The number of hydrogen-bond acceptors (Lipinski definition) is 2. The molecule has 0 aliphatic rings. The Bertz CT molecular complexity index is 2400. The summed E-state index contributed by atoms with van der Waals surface area (Å²) in [6.45, 7) is 0. The summed E-state index contributed by atoms with van der Waals surface area (Å²) in [6, 6.07) is 51.6. The summed E-state index contributed by atoms with van der Waals surface area (Å²) in [5.74, 6) is 0.835. The first-order valence-corrected chi connectivity index (χ1v) is 14.2. The van der Waals surface area contributed by atoms with Gasteiger partial charge in [-0.15, -0.1) is 10.2 Å². The molecular formula is C38H24N4. The third kappa shape index (κ3) is 3.29. The van der Waals surface area contributed by atoms with Crippen LogP contribution < -0.4 is 0 Å². The van der Waals surface area contributed by atoms with E-state index in [0.29, 0.717) is 0 Å². The van der Waals surface area contributed by atoms with E-state index in [1.54, 1.807) is 0 Å². The number of benzene rings is 6. The number of nitrogens with zero attached hydrogens (tertiary/aromatic N) is 4. The average Bonchev–Trinajstić information content (AvgIpc) is 3.66. The highest BCUT2D eigenvalue weighted by atomic mass is 15.2. The molecule has 4 nitrogen and oxygen atoms in total. The zero-order valence-corrected chi connectivity index (χ0v) is 22.6. The molecule has 0 aliphatic heterocycles. The van der Waals surface area contributed by atoms with Crippen molar-refractivity contribution in [3.8, 4) is 28.2 Å². The maximum absolute atomic E-state index is 4.74. The van der Waals surface area contributed by atoms with Crippen LogP contribution in [-0.2, 0) is 0 Å². The lowest BCUT2D eigenvalue weighted by Crippen LogP contribution is -1.96. The molecule has 6 aromatic carbocycles. The van der Waals surface area contributed by atoms with Gasteiger partial charge >= 0.3 is 0 Å². The number of pyridine rings is 1. The minimum absolute atomic E-state index is 0.835. The van der Waals surface area contributed by atoms with Gasteiger partial charge in [-0.1, -0.05) is 97.1 Å². The van der Waals surface area contributed by atoms with E-state index in [9.17, 15) is 0 Å². The van der Waals surface area contributed by atoms with Crippen LogP contribution in [-0.4, -0.2) is 19.2 Å². The standard InChI is InChI=1S/C38H24N4/c1-2-10-25(11-3-1)27-20-23-36-33(24-27)29-12-4-5-15-32(29)38-40-39-37(42(36)38)26-18-21-28(22-19-26)41-34-16-8-6-13-30(34)31-14-7-9-17-35(31)41/h1-24H. The molecule has 0 amide bonds. The zero-order valence-electron chi connectivity index (χ0n) is 22.6. The molecular weight excluding hydrogens is 512 g/mol. The van der Waals surface area contributed by atoms with Crippen molar-refractivity contribution in [2.24, 2.45) is 0 Å². The van der Waals surface area contributed by atoms with Crippen LogP contribution in [0.15, 0.2) is 146 Å². The summed E-state index contributed by atoms with van der Waals surface area (Å²) in [7, 11) is 0. The fraction of sp³-hybridized carbons (Fsp3) is 0. The molecule has 196 valence electrons. The smallest absolute Gasteiger partial charge is 0.169 e. The van der Waals surface area contributed by atoms with Crippen LogP contribution in [0.1, 0.15) is 0 Å². The maximum atomic E-state index is 4.74. The van der Waals surface area contributed by atoms with Gasteiger partial charge in [-0.05, 0) is 65.0 Å². The summed E-state index contributed by atoms with van der Waals surface area (Å²) in [6.07, 6.45) is 0. The van der Waals surface area contributed by atoms with Gasteiger partial charge in [0.25, 0.3) is 0 Å². The number of para-hydroxylation sites is 2. The maximum Gasteiger partial charge on any atom is 0.169 e. The highest BCUT2D eigenvalue weighted by Crippen LogP contribution is 2.36. The third-order valence-corrected chi connectivity index (χ3v) is 8.43. The predicted molar refractivity (Wildman–Crippen MR) is 173 cm³/mol. The van der Waals surface area contributed by atoms with Gasteiger partial charge in [0.2, 0.25) is 0 Å². The first-order chi connectivity index (χ1) is 20.8. The van der Waals surface area contributed by atoms with E-state index in [1.807, 2.05) is 0 Å². The molecule has 0 fully saturated rings. The van der Waals surface area contributed by atoms with Crippen LogP contribution in [0.2, 0.25) is 0 Å². The number of aromatic nitrogens is 4. The fourth-order valence-corrected chi connectivity index (χ4v) is 6.50. The first kappa shape index (κ1) is 23.0. The minimum Gasteiger partial charge on any atom is -0.309 e. The van der Waals surface area contributed by atoms with Gasteiger partial charge in [0.1, 0.15) is 0 Å². The van der Waals surface area contributed by atoms with Gasteiger partial charge in [0.15, 0.2) is 11.5 Å². The molecule has 0 saturated carbocycles. The van der Waals surface area contributed by atoms with E-state index >= 15 is 0 Å². The van der Waals surface area contributed by atoms with E-state index < -0.39 is 0 Å². The Morgan fingerprint density at radius 1 is 0.381 bits per heavy atom. The molecule has 0 spiro atoms. The van der Waals surface area contributed by atoms with Gasteiger partial charge in [-0.3, -0.25) is 4.40 Å². The molecule has 0 radical (unpaired) electrons. The second-order valence-electron chi connectivity index (χ2n) is 10.7. The number of fused-ring (bicyclic) bond motifs is 9. The minimum atomic E-state index is 0.835. The summed E-state index contributed by atoms with van der Waals surface area (Å²) in [5.41, 5.74) is 8.90. The highest BCUT2D eigenvalue weighted by Gasteiger charge is 2.17. The lowest BCUT2D eigenvalue weighted by Gasteiger charge is -2.12. The molecule has 9 rings (SSSR count). The van der Waals surface area contributed by atoms with Crippen molar-refractivity contribution >= 4 is 49.1 Å². The molecule has 0 saturated heterocycles. The van der Waals surface area contributed by atoms with E-state index in [4.69, 9.17) is 10.2 Å². The Morgan fingerprint density at radius 3 is 1.69 bits per heavy atom. The molecule has 0 aliphatic carbocycles. The molecule has 42 heavy (non-hydrogen) atoms. The first-order valence-electron chi connectivity index (χ1n) is 14.2. The Labute approximate surface area is 241 Å². The SMILES string of the molecule is c1ccc(-c2ccc3c(c2)c2ccccc2c2nnc(-c4ccc(-n5c6ccccc6c6ccccc65)cc4)n32)cc1. The lowest BCUT2D eigenvalue weighted by molar-refractivity contribution is 1.11. The number of rotatable bonds is 3. The second-order valence-corrected chi connectivity index (χ2v) is 10.7. The van der Waals surface area contributed by atoms with Crippen molar-refractivity contribution < 1.29 is 0 Å². The van der Waals surface area contributed by atoms with Gasteiger partial charge in [-0.2, -0.15) is 0 Å². The van der Waals surface area contributed by atoms with Crippen molar-refractivity contribution in [1.29, 1.82) is 0 Å². The van der Waals surface area contributed by atoms with Crippen LogP contribution in [0.25, 0.3) is 77.3 Å². The van der Waals surface area contributed by atoms with Gasteiger partial charge < -0.3 is 4.57 Å². The molecule has 0 unspecified atom stereocenters. The van der Waals surface area contributed by atoms with Crippen molar-refractivity contribution in [1.82, 2.24) is 19.2 Å². The van der Waals surface area contributed by atoms with Crippen molar-refractivity contribution in [2.75, 3.05) is 0 Å². The normalized spacial score (nSPS) is 11.8. The molecule has 0 atom stereocenters. The van der Waals surface area contributed by atoms with Crippen LogP contribution in [0, 0.1) is 0 Å². The molecule has 3 heterocycles. The lowest BCUT2D eigenvalue weighted by atomic mass is 9.99. The van der Waals surface area contributed by atoms with Crippen molar-refractivity contribution in [3.63, 3.8) is 0 Å². The van der Waals surface area contributed by atoms with E-state index in [2.05, 4.69) is 155 Å². The summed E-state index contributed by atoms with van der Waals surface area (Å²) in [4.78, 5) is 0. The largest absolute Gasteiger partial charge is 0.309 e. The number of hydrogen-bond donors (Lipinski definition) is 0. The average molecular weight is 537 g/mol. The summed E-state index contributed by atoms with van der Waals surface area (Å²) < 4.78 is 4.55. The summed E-state index contributed by atoms with van der Waals surface area (Å²) >= 11 is 0. The predicted octanol–water partition coefficient (Wildman–Crippen LogP) is 9.47. The van der Waals surface area contributed by atoms with Crippen molar-refractivity contribution in [2.45, 2.75) is 0 Å². The van der Waals surface area contributed by atoms with E-state index in [0.717, 1.165) is 33.6 Å². The van der Waals surface area contributed by atoms with Gasteiger partial charge in [0, 0.05) is 32.8 Å². The molecule has 0 N–H and O–H groups in total. The third-order valence-electron chi connectivity index (χ3n) is 8.43. The van der Waals surface area contributed by atoms with Crippen LogP contribution in [0.4, 0.5) is 0 Å². The quantitative estimate of drug-likeness (QED) is 0.211. The topological polar surface area (TPSA) is 35.1 Å². The fourth-order valence-electron chi connectivity index (χ4n) is 6.50. The molecule has 3 aromatic heterocycles. The van der Waals surface area contributed by atoms with Gasteiger partial charge in [-0.25, -0.2) is 0 Å². The molecule has 9 aromatic rings. The van der Waals surface area contributed by atoms with Gasteiger partial charge in [0.05, 0.1) is 16.6 Å². The Hall–Kier alpha value is -5.74.